The maximum absolute atomic E-state index is 6.17. The average Bonchev–Trinajstić information content (AvgIpc) is 2.86. The first-order valence-electron chi connectivity index (χ1n) is 11.6. The number of aromatic nitrogens is 1. The van der Waals surface area contributed by atoms with Crippen molar-refractivity contribution in [3.63, 3.8) is 0 Å². The Morgan fingerprint density at radius 2 is 1.91 bits per heavy atom. The van der Waals surface area contributed by atoms with E-state index in [1.54, 1.807) is 0 Å². The van der Waals surface area contributed by atoms with Gasteiger partial charge in [-0.3, -0.25) is 4.99 Å². The number of nitrogens with zero attached hydrogens (tertiary/aromatic N) is 3. The predicted octanol–water partition coefficient (Wildman–Crippen LogP) is 3.68. The molecule has 1 aromatic heterocycles. The fourth-order valence-electron chi connectivity index (χ4n) is 4.43. The molecular formula is C25H36IN5O2. The van der Waals surface area contributed by atoms with Crippen LogP contribution in [0.3, 0.4) is 0 Å². The van der Waals surface area contributed by atoms with Crippen LogP contribution in [-0.4, -0.2) is 57.4 Å². The van der Waals surface area contributed by atoms with Crippen LogP contribution >= 0.6 is 24.0 Å². The van der Waals surface area contributed by atoms with Crippen molar-refractivity contribution in [1.29, 1.82) is 0 Å². The Labute approximate surface area is 214 Å². The summed E-state index contributed by atoms with van der Waals surface area (Å²) in [6.45, 7) is 7.68. The number of aliphatic imine (C=N–C) groups is 1. The minimum Gasteiger partial charge on any atom is -0.378 e. The van der Waals surface area contributed by atoms with Crippen LogP contribution in [0.4, 0.5) is 5.82 Å². The SMILES string of the molecule is CN=C(NCc1cccnc1N1CCOCC1)NCC1CCCOC1c1ccc(C)cc1.I. The van der Waals surface area contributed by atoms with Crippen LogP contribution in [0.5, 0.6) is 0 Å². The first-order chi connectivity index (χ1) is 15.7. The van der Waals surface area contributed by atoms with E-state index in [0.29, 0.717) is 12.5 Å². The van der Waals surface area contributed by atoms with Crippen molar-refractivity contribution >= 4 is 35.8 Å². The number of hydrogen-bond acceptors (Lipinski definition) is 5. The fourth-order valence-corrected chi connectivity index (χ4v) is 4.43. The molecule has 2 fully saturated rings. The molecule has 2 unspecified atom stereocenters. The van der Waals surface area contributed by atoms with Gasteiger partial charge in [-0.15, -0.1) is 24.0 Å². The van der Waals surface area contributed by atoms with Crippen LogP contribution in [0.2, 0.25) is 0 Å². The summed E-state index contributed by atoms with van der Waals surface area (Å²) in [4.78, 5) is 11.4. The van der Waals surface area contributed by atoms with E-state index < -0.39 is 0 Å². The molecular weight excluding hydrogens is 529 g/mol. The fraction of sp³-hybridized carbons (Fsp3) is 0.520. The van der Waals surface area contributed by atoms with Crippen LogP contribution in [0.25, 0.3) is 0 Å². The van der Waals surface area contributed by atoms with Crippen LogP contribution in [0.1, 0.15) is 35.6 Å². The van der Waals surface area contributed by atoms with Crippen LogP contribution < -0.4 is 15.5 Å². The van der Waals surface area contributed by atoms with Crippen molar-refractivity contribution in [3.8, 4) is 0 Å². The molecule has 4 rings (SSSR count). The maximum atomic E-state index is 6.17. The highest BCUT2D eigenvalue weighted by Crippen LogP contribution is 2.33. The number of morpholine rings is 1. The molecule has 7 nitrogen and oxygen atoms in total. The summed E-state index contributed by atoms with van der Waals surface area (Å²) >= 11 is 0. The van der Waals surface area contributed by atoms with Crippen molar-refractivity contribution in [3.05, 3.63) is 59.3 Å². The van der Waals surface area contributed by atoms with Crippen LogP contribution in [0, 0.1) is 12.8 Å². The van der Waals surface area contributed by atoms with Gasteiger partial charge in [-0.1, -0.05) is 35.9 Å². The number of halogens is 1. The summed E-state index contributed by atoms with van der Waals surface area (Å²) in [7, 11) is 1.82. The van der Waals surface area contributed by atoms with Gasteiger partial charge in [-0.2, -0.15) is 0 Å². The molecule has 2 aromatic rings. The third kappa shape index (κ3) is 7.04. The van der Waals surface area contributed by atoms with Gasteiger partial charge in [-0.05, 0) is 31.4 Å². The lowest BCUT2D eigenvalue weighted by Crippen LogP contribution is -2.42. The molecule has 3 heterocycles. The molecule has 0 spiro atoms. The standard InChI is InChI=1S/C25H35N5O2.HI/c1-19-7-9-20(10-8-19)23-21(6-4-14-32-23)17-28-25(26-2)29-18-22-5-3-11-27-24(22)30-12-15-31-16-13-30;/h3,5,7-11,21,23H,4,6,12-18H2,1-2H3,(H2,26,28,29);1H. The highest BCUT2D eigenvalue weighted by Gasteiger charge is 2.27. The molecule has 0 bridgehead atoms. The Kier molecular flexibility index (Phi) is 10.2. The van der Waals surface area contributed by atoms with Crippen molar-refractivity contribution in [2.24, 2.45) is 10.9 Å². The molecule has 2 saturated heterocycles. The first-order valence-corrected chi connectivity index (χ1v) is 11.6. The van der Waals surface area contributed by atoms with Crippen molar-refractivity contribution in [2.45, 2.75) is 32.4 Å². The van der Waals surface area contributed by atoms with E-state index in [4.69, 9.17) is 9.47 Å². The molecule has 0 saturated carbocycles. The molecule has 180 valence electrons. The van der Waals surface area contributed by atoms with Crippen molar-refractivity contribution in [2.75, 3.05) is 51.4 Å². The van der Waals surface area contributed by atoms with Gasteiger partial charge in [0.2, 0.25) is 0 Å². The van der Waals surface area contributed by atoms with Crippen molar-refractivity contribution in [1.82, 2.24) is 15.6 Å². The number of pyridine rings is 1. The Morgan fingerprint density at radius 3 is 2.67 bits per heavy atom. The van der Waals surface area contributed by atoms with Gasteiger partial charge in [0.25, 0.3) is 0 Å². The summed E-state index contributed by atoms with van der Waals surface area (Å²) in [6.07, 6.45) is 4.22. The lowest BCUT2D eigenvalue weighted by atomic mass is 9.89. The zero-order chi connectivity index (χ0) is 22.2. The number of aryl methyl sites for hydroxylation is 1. The van der Waals surface area contributed by atoms with Gasteiger partial charge in [0.15, 0.2) is 5.96 Å². The molecule has 8 heteroatoms. The molecule has 1 aromatic carbocycles. The van der Waals surface area contributed by atoms with E-state index in [1.807, 2.05) is 19.3 Å². The first kappa shape index (κ1) is 25.7. The number of guanidine groups is 1. The third-order valence-electron chi connectivity index (χ3n) is 6.23. The van der Waals surface area contributed by atoms with Crippen LogP contribution in [-0.2, 0) is 16.0 Å². The molecule has 0 amide bonds. The molecule has 33 heavy (non-hydrogen) atoms. The Bertz CT molecular complexity index is 887. The van der Waals surface area contributed by atoms with Gasteiger partial charge in [0.05, 0.1) is 19.3 Å². The topological polar surface area (TPSA) is 71.0 Å². The summed E-state index contributed by atoms with van der Waals surface area (Å²) in [6, 6.07) is 12.8. The smallest absolute Gasteiger partial charge is 0.191 e. The number of benzene rings is 1. The third-order valence-corrected chi connectivity index (χ3v) is 6.23. The predicted molar refractivity (Wildman–Crippen MR) is 143 cm³/mol. The molecule has 2 aliphatic heterocycles. The number of hydrogen-bond donors (Lipinski definition) is 2. The molecule has 0 aliphatic carbocycles. The van der Waals surface area contributed by atoms with E-state index in [1.165, 1.54) is 11.1 Å². The van der Waals surface area contributed by atoms with Crippen molar-refractivity contribution < 1.29 is 9.47 Å². The summed E-state index contributed by atoms with van der Waals surface area (Å²) in [5.74, 6) is 2.24. The average molecular weight is 566 g/mol. The quantitative estimate of drug-likeness (QED) is 0.317. The van der Waals surface area contributed by atoms with Gasteiger partial charge < -0.3 is 25.0 Å². The second-order valence-corrected chi connectivity index (χ2v) is 8.50. The zero-order valence-corrected chi connectivity index (χ0v) is 22.0. The second-order valence-electron chi connectivity index (χ2n) is 8.50. The second kappa shape index (κ2) is 13.1. The van der Waals surface area contributed by atoms with E-state index >= 15 is 0 Å². The Morgan fingerprint density at radius 1 is 1.12 bits per heavy atom. The van der Waals surface area contributed by atoms with E-state index in [-0.39, 0.29) is 30.1 Å². The lowest BCUT2D eigenvalue weighted by molar-refractivity contribution is -0.0265. The number of anilines is 1. The minimum absolute atomic E-state index is 0. The van der Waals surface area contributed by atoms with E-state index in [9.17, 15) is 0 Å². The number of rotatable bonds is 6. The Balaban J connectivity index is 0.00000306. The van der Waals surface area contributed by atoms with E-state index in [0.717, 1.165) is 69.6 Å². The van der Waals surface area contributed by atoms with Gasteiger partial charge >= 0.3 is 0 Å². The molecule has 2 N–H and O–H groups in total. The summed E-state index contributed by atoms with van der Waals surface area (Å²) in [5, 5.41) is 6.99. The highest BCUT2D eigenvalue weighted by molar-refractivity contribution is 14.0. The largest absolute Gasteiger partial charge is 0.378 e. The molecule has 2 atom stereocenters. The molecule has 0 radical (unpaired) electrons. The summed E-state index contributed by atoms with van der Waals surface area (Å²) in [5.41, 5.74) is 3.70. The van der Waals surface area contributed by atoms with Crippen LogP contribution in [0.15, 0.2) is 47.6 Å². The molecule has 2 aliphatic rings. The lowest BCUT2D eigenvalue weighted by Gasteiger charge is -2.33. The maximum Gasteiger partial charge on any atom is 0.191 e. The van der Waals surface area contributed by atoms with Gasteiger partial charge in [0, 0.05) is 57.5 Å². The van der Waals surface area contributed by atoms with E-state index in [2.05, 4.69) is 62.8 Å². The number of ether oxygens (including phenoxy) is 2. The zero-order valence-electron chi connectivity index (χ0n) is 19.6. The highest BCUT2D eigenvalue weighted by atomic mass is 127. The minimum atomic E-state index is 0. The Hall–Kier alpha value is -1.91. The monoisotopic (exact) mass is 565 g/mol. The number of nitrogens with one attached hydrogen (secondary N) is 2. The summed E-state index contributed by atoms with van der Waals surface area (Å²) < 4.78 is 11.7. The van der Waals surface area contributed by atoms with Gasteiger partial charge in [-0.25, -0.2) is 4.98 Å². The van der Waals surface area contributed by atoms with Gasteiger partial charge in [0.1, 0.15) is 5.82 Å². The normalized spacial score (nSPS) is 21.3.